The van der Waals surface area contributed by atoms with Gasteiger partial charge in [-0.05, 0) is 46.7 Å². The number of hydrogen-bond acceptors (Lipinski definition) is 4. The number of aromatic amines is 1. The predicted octanol–water partition coefficient (Wildman–Crippen LogP) is 5.21. The zero-order valence-corrected chi connectivity index (χ0v) is 17.9. The summed E-state index contributed by atoms with van der Waals surface area (Å²) in [6, 6.07) is 11.7. The first-order valence-electron chi connectivity index (χ1n) is 9.19. The number of H-pyrrole nitrogens is 1. The number of rotatable bonds is 7. The average molecular weight is 451 g/mol. The van der Waals surface area contributed by atoms with Gasteiger partial charge < -0.3 is 4.57 Å². The van der Waals surface area contributed by atoms with E-state index in [-0.39, 0.29) is 0 Å². The van der Waals surface area contributed by atoms with Crippen LogP contribution in [0.25, 0.3) is 17.2 Å². The maximum absolute atomic E-state index is 6.39. The lowest BCUT2D eigenvalue weighted by Gasteiger charge is -2.12. The maximum atomic E-state index is 6.39. The second-order valence-corrected chi connectivity index (χ2v) is 7.70. The molecule has 150 valence electrons. The van der Waals surface area contributed by atoms with Crippen LogP contribution < -0.4 is 0 Å². The fourth-order valence-corrected chi connectivity index (χ4v) is 3.84. The van der Waals surface area contributed by atoms with Crippen LogP contribution in [0.5, 0.6) is 0 Å². The minimum Gasteiger partial charge on any atom is -0.313 e. The van der Waals surface area contributed by atoms with Gasteiger partial charge in [-0.1, -0.05) is 60.3 Å². The van der Waals surface area contributed by atoms with E-state index in [9.17, 15) is 0 Å². The van der Waals surface area contributed by atoms with E-state index in [1.165, 1.54) is 0 Å². The van der Waals surface area contributed by atoms with Gasteiger partial charge >= 0.3 is 0 Å². The van der Waals surface area contributed by atoms with Gasteiger partial charge in [-0.2, -0.15) is 0 Å². The molecular weight excluding hydrogens is 433 g/mol. The molecule has 1 N–H and O–H groups in total. The van der Waals surface area contributed by atoms with E-state index in [4.69, 9.17) is 34.8 Å². The number of aryl methyl sites for hydroxylation is 1. The van der Waals surface area contributed by atoms with Crippen LogP contribution in [0.3, 0.4) is 0 Å². The highest BCUT2D eigenvalue weighted by Crippen LogP contribution is 2.28. The molecule has 0 atom stereocenters. The van der Waals surface area contributed by atoms with Crippen molar-refractivity contribution in [1.29, 1.82) is 0 Å². The Kier molecular flexibility index (Phi) is 5.89. The summed E-state index contributed by atoms with van der Waals surface area (Å²) in [6.07, 6.45) is 2.96. The van der Waals surface area contributed by atoms with Crippen molar-refractivity contribution in [2.45, 2.75) is 32.7 Å². The van der Waals surface area contributed by atoms with Crippen molar-refractivity contribution in [2.24, 2.45) is 0 Å². The van der Waals surface area contributed by atoms with Gasteiger partial charge in [-0.25, -0.2) is 10.1 Å². The minimum absolute atomic E-state index is 0.346. The summed E-state index contributed by atoms with van der Waals surface area (Å²) in [4.78, 5) is 4.41. The SMILES string of the molecule is CCCCc1nc(Cl)c(Cl)n1Cc1ccc(-n2c(Cl)ccc2-c2nnn[nH]2)cc1. The normalized spacial score (nSPS) is 11.3. The van der Waals surface area contributed by atoms with Crippen LogP contribution in [-0.2, 0) is 13.0 Å². The Morgan fingerprint density at radius 1 is 1.03 bits per heavy atom. The highest BCUT2D eigenvalue weighted by Gasteiger charge is 2.16. The van der Waals surface area contributed by atoms with Crippen molar-refractivity contribution < 1.29 is 0 Å². The molecule has 3 aromatic heterocycles. The Balaban J connectivity index is 1.62. The lowest BCUT2D eigenvalue weighted by Crippen LogP contribution is -2.06. The molecule has 0 aliphatic heterocycles. The van der Waals surface area contributed by atoms with Crippen LogP contribution >= 0.6 is 34.8 Å². The third-order valence-electron chi connectivity index (χ3n) is 4.66. The van der Waals surface area contributed by atoms with Gasteiger partial charge in [-0.3, -0.25) is 4.57 Å². The molecule has 0 unspecified atom stereocenters. The molecule has 0 fully saturated rings. The van der Waals surface area contributed by atoms with Gasteiger partial charge in [0.15, 0.2) is 11.0 Å². The van der Waals surface area contributed by atoms with Crippen molar-refractivity contribution in [2.75, 3.05) is 0 Å². The summed E-state index contributed by atoms with van der Waals surface area (Å²) in [5, 5.41) is 15.4. The Morgan fingerprint density at radius 3 is 2.52 bits per heavy atom. The molecule has 0 aliphatic rings. The van der Waals surface area contributed by atoms with E-state index in [2.05, 4.69) is 32.5 Å². The molecule has 0 aliphatic carbocycles. The number of nitrogens with one attached hydrogen (secondary N) is 1. The molecule has 0 amide bonds. The van der Waals surface area contributed by atoms with Crippen molar-refractivity contribution >= 4 is 34.8 Å². The highest BCUT2D eigenvalue weighted by molar-refractivity contribution is 6.40. The average Bonchev–Trinajstić information content (AvgIpc) is 3.44. The van der Waals surface area contributed by atoms with Crippen LogP contribution in [0.1, 0.15) is 31.2 Å². The first-order valence-corrected chi connectivity index (χ1v) is 10.3. The molecule has 10 heteroatoms. The molecule has 29 heavy (non-hydrogen) atoms. The van der Waals surface area contributed by atoms with E-state index in [0.29, 0.717) is 27.8 Å². The molecule has 0 spiro atoms. The number of imidazole rings is 1. The molecule has 4 aromatic rings. The van der Waals surface area contributed by atoms with Crippen molar-refractivity contribution in [3.63, 3.8) is 0 Å². The molecule has 4 rings (SSSR count). The van der Waals surface area contributed by atoms with E-state index in [1.807, 2.05) is 39.5 Å². The molecule has 0 saturated heterocycles. The number of unbranched alkanes of at least 4 members (excludes halogenated alkanes) is 1. The van der Waals surface area contributed by atoms with Crippen LogP contribution in [0.4, 0.5) is 0 Å². The Hall–Kier alpha value is -2.35. The standard InChI is InChI=1S/C19H18Cl3N7/c1-2-3-4-16-23-17(21)18(22)28(16)11-12-5-7-13(8-6-12)29-14(9-10-15(29)20)19-24-26-27-25-19/h5-10H,2-4,11H2,1H3,(H,24,25,26,27). The lowest BCUT2D eigenvalue weighted by atomic mass is 10.2. The topological polar surface area (TPSA) is 77.2 Å². The van der Waals surface area contributed by atoms with Gasteiger partial charge in [0.05, 0.1) is 12.2 Å². The highest BCUT2D eigenvalue weighted by atomic mass is 35.5. The molecule has 0 bridgehead atoms. The zero-order chi connectivity index (χ0) is 20.4. The summed E-state index contributed by atoms with van der Waals surface area (Å²) in [7, 11) is 0. The molecule has 1 aromatic carbocycles. The number of aromatic nitrogens is 7. The van der Waals surface area contributed by atoms with Crippen molar-refractivity contribution in [1.82, 2.24) is 34.7 Å². The van der Waals surface area contributed by atoms with Crippen LogP contribution in [-0.4, -0.2) is 34.7 Å². The lowest BCUT2D eigenvalue weighted by molar-refractivity contribution is 0.678. The summed E-state index contributed by atoms with van der Waals surface area (Å²) in [5.74, 6) is 1.45. The largest absolute Gasteiger partial charge is 0.313 e. The van der Waals surface area contributed by atoms with Gasteiger partial charge in [0.25, 0.3) is 0 Å². The fraction of sp³-hybridized carbons (Fsp3) is 0.263. The Morgan fingerprint density at radius 2 is 1.83 bits per heavy atom. The van der Waals surface area contributed by atoms with Crippen LogP contribution in [0, 0.1) is 0 Å². The summed E-state index contributed by atoms with van der Waals surface area (Å²) >= 11 is 18.9. The van der Waals surface area contributed by atoms with Crippen molar-refractivity contribution in [3.05, 3.63) is 63.2 Å². The Labute approximate surface area is 182 Å². The fourth-order valence-electron chi connectivity index (χ4n) is 3.19. The van der Waals surface area contributed by atoms with E-state index in [0.717, 1.165) is 42.0 Å². The number of benzene rings is 1. The van der Waals surface area contributed by atoms with Gasteiger partial charge in [-0.15, -0.1) is 5.10 Å². The van der Waals surface area contributed by atoms with Crippen molar-refractivity contribution in [3.8, 4) is 17.2 Å². The number of halogens is 3. The first kappa shape index (κ1) is 19.9. The molecule has 7 nitrogen and oxygen atoms in total. The number of nitrogens with zero attached hydrogens (tertiary/aromatic N) is 6. The first-order chi connectivity index (χ1) is 14.1. The number of hydrogen-bond donors (Lipinski definition) is 1. The smallest absolute Gasteiger partial charge is 0.196 e. The van der Waals surface area contributed by atoms with Gasteiger partial charge in [0.2, 0.25) is 0 Å². The zero-order valence-electron chi connectivity index (χ0n) is 15.6. The summed E-state index contributed by atoms with van der Waals surface area (Å²) < 4.78 is 3.84. The summed E-state index contributed by atoms with van der Waals surface area (Å²) in [6.45, 7) is 2.74. The van der Waals surface area contributed by atoms with E-state index in [1.54, 1.807) is 6.07 Å². The Bertz CT molecular complexity index is 1100. The minimum atomic E-state index is 0.346. The summed E-state index contributed by atoms with van der Waals surface area (Å²) in [5.41, 5.74) is 2.75. The van der Waals surface area contributed by atoms with E-state index >= 15 is 0 Å². The predicted molar refractivity (Wildman–Crippen MR) is 114 cm³/mol. The molecule has 0 radical (unpaired) electrons. The second kappa shape index (κ2) is 8.57. The molecular formula is C19H18Cl3N7. The van der Waals surface area contributed by atoms with E-state index < -0.39 is 0 Å². The van der Waals surface area contributed by atoms with Gasteiger partial charge in [0.1, 0.15) is 16.1 Å². The van der Waals surface area contributed by atoms with Crippen LogP contribution in [0.15, 0.2) is 36.4 Å². The second-order valence-electron chi connectivity index (χ2n) is 6.59. The molecule has 0 saturated carbocycles. The van der Waals surface area contributed by atoms with Gasteiger partial charge in [0, 0.05) is 12.1 Å². The third kappa shape index (κ3) is 4.03. The quantitative estimate of drug-likeness (QED) is 0.419. The maximum Gasteiger partial charge on any atom is 0.196 e. The van der Waals surface area contributed by atoms with Crippen LogP contribution in [0.2, 0.25) is 15.5 Å². The third-order valence-corrected chi connectivity index (χ3v) is 5.69. The monoisotopic (exact) mass is 449 g/mol. The molecule has 3 heterocycles. The number of tetrazole rings is 1.